The number of halogens is 5. The fraction of sp³-hybridized carbons (Fsp3) is 0.111. The molecule has 0 amide bonds. The maximum absolute atomic E-state index is 12.7. The number of aromatic nitrogens is 5. The lowest BCUT2D eigenvalue weighted by Crippen LogP contribution is -2.23. The number of fused-ring (bicyclic) bond motifs is 1. The Balaban J connectivity index is 1.77. The van der Waals surface area contributed by atoms with E-state index in [1.54, 1.807) is 24.3 Å². The van der Waals surface area contributed by atoms with E-state index in [-0.39, 0.29) is 17.2 Å². The van der Waals surface area contributed by atoms with Crippen LogP contribution in [0.5, 0.6) is 0 Å². The van der Waals surface area contributed by atoms with Crippen LogP contribution in [0, 0.1) is 0 Å². The second kappa shape index (κ2) is 7.16. The van der Waals surface area contributed by atoms with Gasteiger partial charge in [0.1, 0.15) is 5.69 Å². The van der Waals surface area contributed by atoms with Crippen LogP contribution in [-0.4, -0.2) is 24.4 Å². The molecular weight excluding hydrogens is 430 g/mol. The highest BCUT2D eigenvalue weighted by molar-refractivity contribution is 6.34. The van der Waals surface area contributed by atoms with Gasteiger partial charge in [-0.1, -0.05) is 41.4 Å². The van der Waals surface area contributed by atoms with Gasteiger partial charge in [-0.3, -0.25) is 4.98 Å². The zero-order valence-corrected chi connectivity index (χ0v) is 15.9. The van der Waals surface area contributed by atoms with Gasteiger partial charge < -0.3 is 0 Å². The van der Waals surface area contributed by atoms with Crippen molar-refractivity contribution in [2.24, 2.45) is 0 Å². The summed E-state index contributed by atoms with van der Waals surface area (Å²) in [6.45, 7) is -0.0784. The maximum Gasteiger partial charge on any atom is 0.433 e. The number of hydrogen-bond acceptors (Lipinski definition) is 4. The number of benzene rings is 1. The minimum absolute atomic E-state index is 0.0784. The van der Waals surface area contributed by atoms with Crippen LogP contribution in [0.4, 0.5) is 13.2 Å². The van der Waals surface area contributed by atoms with Crippen molar-refractivity contribution in [3.05, 3.63) is 80.6 Å². The Morgan fingerprint density at radius 3 is 2.34 bits per heavy atom. The number of hydrogen-bond donors (Lipinski definition) is 0. The van der Waals surface area contributed by atoms with Crippen LogP contribution in [-0.2, 0) is 12.7 Å². The van der Waals surface area contributed by atoms with E-state index in [2.05, 4.69) is 15.2 Å². The predicted molar refractivity (Wildman–Crippen MR) is 101 cm³/mol. The highest BCUT2D eigenvalue weighted by atomic mass is 35.5. The van der Waals surface area contributed by atoms with E-state index in [1.165, 1.54) is 12.3 Å². The molecule has 0 spiro atoms. The third kappa shape index (κ3) is 3.70. The van der Waals surface area contributed by atoms with Gasteiger partial charge in [0.15, 0.2) is 5.65 Å². The topological polar surface area (TPSA) is 65.1 Å². The molecule has 0 aliphatic carbocycles. The van der Waals surface area contributed by atoms with Crippen LogP contribution in [0.1, 0.15) is 11.3 Å². The van der Waals surface area contributed by atoms with Crippen LogP contribution in [0.15, 0.2) is 53.6 Å². The van der Waals surface area contributed by atoms with Crippen LogP contribution in [0.3, 0.4) is 0 Å². The van der Waals surface area contributed by atoms with Crippen LogP contribution in [0.25, 0.3) is 16.8 Å². The van der Waals surface area contributed by atoms with Crippen LogP contribution >= 0.6 is 23.2 Å². The molecule has 0 saturated carbocycles. The Morgan fingerprint density at radius 1 is 1.00 bits per heavy atom. The molecular formula is C18H10Cl2F3N5O. The van der Waals surface area contributed by atoms with E-state index in [9.17, 15) is 18.0 Å². The van der Waals surface area contributed by atoms with Gasteiger partial charge in [0.05, 0.1) is 17.8 Å². The molecule has 11 heteroatoms. The molecule has 0 radical (unpaired) electrons. The molecule has 1 aromatic carbocycles. The number of alkyl halides is 3. The van der Waals surface area contributed by atoms with E-state index < -0.39 is 17.6 Å². The Kier molecular flexibility index (Phi) is 4.79. The molecule has 29 heavy (non-hydrogen) atoms. The number of pyridine rings is 1. The summed E-state index contributed by atoms with van der Waals surface area (Å²) in [4.78, 5) is 16.0. The van der Waals surface area contributed by atoms with Gasteiger partial charge in [0, 0.05) is 16.8 Å². The van der Waals surface area contributed by atoms with Gasteiger partial charge in [-0.2, -0.15) is 22.8 Å². The Labute approximate surface area is 171 Å². The van der Waals surface area contributed by atoms with Gasteiger partial charge >= 0.3 is 11.9 Å². The average molecular weight is 440 g/mol. The smallest absolute Gasteiger partial charge is 0.251 e. The lowest BCUT2D eigenvalue weighted by Gasteiger charge is -2.06. The Morgan fingerprint density at radius 2 is 1.72 bits per heavy atom. The van der Waals surface area contributed by atoms with E-state index in [0.717, 1.165) is 21.5 Å². The summed E-state index contributed by atoms with van der Waals surface area (Å²) in [5, 5.41) is 9.09. The third-order valence-electron chi connectivity index (χ3n) is 4.15. The van der Waals surface area contributed by atoms with Crippen molar-refractivity contribution < 1.29 is 13.2 Å². The van der Waals surface area contributed by atoms with Crippen LogP contribution in [0.2, 0.25) is 10.0 Å². The molecule has 0 bridgehead atoms. The molecule has 4 aromatic rings. The second-order valence-electron chi connectivity index (χ2n) is 6.10. The second-order valence-corrected chi connectivity index (χ2v) is 6.94. The monoisotopic (exact) mass is 439 g/mol. The van der Waals surface area contributed by atoms with Crippen molar-refractivity contribution in [2.75, 3.05) is 0 Å². The van der Waals surface area contributed by atoms with Gasteiger partial charge in [0.2, 0.25) is 0 Å². The first kappa shape index (κ1) is 19.4. The Hall–Kier alpha value is -2.91. The van der Waals surface area contributed by atoms with E-state index in [0.29, 0.717) is 21.7 Å². The summed E-state index contributed by atoms with van der Waals surface area (Å²) < 4.78 is 40.1. The minimum Gasteiger partial charge on any atom is -0.251 e. The first-order chi connectivity index (χ1) is 13.7. The lowest BCUT2D eigenvalue weighted by molar-refractivity contribution is -0.141. The van der Waals surface area contributed by atoms with Gasteiger partial charge in [-0.05, 0) is 29.3 Å². The standard InChI is InChI=1S/C18H10Cl2F3N5O/c19-12-4-2-11(3-5-12)15-13(20)8-25-28-16(15)26-27(17(28)29)9-10-1-6-14(24-7-10)18(21,22)23/h1-8H,9H2. The molecule has 3 aromatic heterocycles. The summed E-state index contributed by atoms with van der Waals surface area (Å²) in [5.41, 5.74) is 0.182. The minimum atomic E-state index is -4.54. The van der Waals surface area contributed by atoms with Crippen LogP contribution < -0.4 is 5.69 Å². The normalized spacial score (nSPS) is 11.9. The summed E-state index contributed by atoms with van der Waals surface area (Å²) in [6, 6.07) is 8.90. The van der Waals surface area contributed by atoms with Crippen molar-refractivity contribution in [3.8, 4) is 11.1 Å². The predicted octanol–water partition coefficient (Wildman–Crippen LogP) is 4.33. The molecule has 4 rings (SSSR count). The molecule has 0 fully saturated rings. The largest absolute Gasteiger partial charge is 0.433 e. The highest BCUT2D eigenvalue weighted by Gasteiger charge is 2.32. The lowest BCUT2D eigenvalue weighted by atomic mass is 10.1. The number of nitrogens with zero attached hydrogens (tertiary/aromatic N) is 5. The molecule has 0 atom stereocenters. The third-order valence-corrected chi connectivity index (χ3v) is 4.69. The van der Waals surface area contributed by atoms with E-state index in [1.807, 2.05) is 0 Å². The SMILES string of the molecule is O=c1n(Cc2ccc(C(F)(F)F)nc2)nc2c(-c3ccc(Cl)cc3)c(Cl)cnn12. The van der Waals surface area contributed by atoms with Gasteiger partial charge in [-0.15, -0.1) is 5.10 Å². The zero-order valence-electron chi connectivity index (χ0n) is 14.4. The highest BCUT2D eigenvalue weighted by Crippen LogP contribution is 2.31. The van der Waals surface area contributed by atoms with Crippen molar-refractivity contribution in [1.29, 1.82) is 0 Å². The molecule has 0 aliphatic rings. The van der Waals surface area contributed by atoms with E-state index >= 15 is 0 Å². The molecule has 6 nitrogen and oxygen atoms in total. The van der Waals surface area contributed by atoms with Crippen molar-refractivity contribution in [3.63, 3.8) is 0 Å². The molecule has 3 heterocycles. The summed E-state index contributed by atoms with van der Waals surface area (Å²) in [7, 11) is 0. The fourth-order valence-corrected chi connectivity index (χ4v) is 3.15. The fourth-order valence-electron chi connectivity index (χ4n) is 2.78. The van der Waals surface area contributed by atoms with Gasteiger partial charge in [-0.25, -0.2) is 9.48 Å². The molecule has 0 aliphatic heterocycles. The maximum atomic E-state index is 12.7. The molecule has 0 unspecified atom stereocenters. The first-order valence-electron chi connectivity index (χ1n) is 8.16. The van der Waals surface area contributed by atoms with E-state index in [4.69, 9.17) is 23.2 Å². The van der Waals surface area contributed by atoms with Crippen molar-refractivity contribution in [2.45, 2.75) is 12.7 Å². The first-order valence-corrected chi connectivity index (χ1v) is 8.92. The molecule has 148 valence electrons. The summed E-state index contributed by atoms with van der Waals surface area (Å²) in [5.74, 6) is 0. The summed E-state index contributed by atoms with van der Waals surface area (Å²) in [6.07, 6.45) is -2.15. The average Bonchev–Trinajstić information content (AvgIpc) is 2.98. The zero-order chi connectivity index (χ0) is 20.8. The Bertz CT molecular complexity index is 1250. The quantitative estimate of drug-likeness (QED) is 0.476. The molecule has 0 saturated heterocycles. The van der Waals surface area contributed by atoms with Gasteiger partial charge in [0.25, 0.3) is 0 Å². The van der Waals surface area contributed by atoms with Crippen molar-refractivity contribution >= 4 is 28.8 Å². The molecule has 0 N–H and O–H groups in total. The summed E-state index contributed by atoms with van der Waals surface area (Å²) >= 11 is 12.2. The number of rotatable bonds is 3. The van der Waals surface area contributed by atoms with Crippen molar-refractivity contribution in [1.82, 2.24) is 24.4 Å².